The monoisotopic (exact) mass is 246 g/mol. The van der Waals surface area contributed by atoms with E-state index in [4.69, 9.17) is 11.6 Å². The summed E-state index contributed by atoms with van der Waals surface area (Å²) in [6.07, 6.45) is 1.70. The molecule has 0 amide bonds. The van der Waals surface area contributed by atoms with E-state index >= 15 is 0 Å². The second kappa shape index (κ2) is 4.46. The van der Waals surface area contributed by atoms with Gasteiger partial charge in [0.15, 0.2) is 0 Å². The molecule has 0 radical (unpaired) electrons. The Kier molecular flexibility index (Phi) is 3.16. The Morgan fingerprint density at radius 3 is 2.12 bits per heavy atom. The molecule has 0 aliphatic carbocycles. The van der Waals surface area contributed by atoms with Crippen molar-refractivity contribution in [1.82, 2.24) is 9.97 Å². The highest BCUT2D eigenvalue weighted by Gasteiger charge is 2.11. The van der Waals surface area contributed by atoms with E-state index < -0.39 is 0 Å². The van der Waals surface area contributed by atoms with Gasteiger partial charge in [0, 0.05) is 11.8 Å². The Morgan fingerprint density at radius 1 is 1.00 bits per heavy atom. The molecular formula is C14H15ClN2. The Morgan fingerprint density at radius 2 is 1.59 bits per heavy atom. The molecule has 0 saturated carbocycles. The third-order valence-electron chi connectivity index (χ3n) is 3.25. The molecule has 2 aromatic rings. The molecule has 0 aliphatic heterocycles. The molecule has 88 valence electrons. The zero-order valence-electron chi connectivity index (χ0n) is 10.5. The standard InChI is InChI=1S/C14H15ClN2/c1-8-7-9(2)11(4)13(10(8)3)12-5-6-16-14(15)17-12/h5-7H,1-4H3. The molecule has 0 spiro atoms. The highest BCUT2D eigenvalue weighted by atomic mass is 35.5. The summed E-state index contributed by atoms with van der Waals surface area (Å²) < 4.78 is 0. The SMILES string of the molecule is Cc1cc(C)c(C)c(-c2ccnc(Cl)n2)c1C. The number of halogens is 1. The molecule has 0 N–H and O–H groups in total. The van der Waals surface area contributed by atoms with Crippen LogP contribution in [0.15, 0.2) is 18.3 Å². The van der Waals surface area contributed by atoms with E-state index in [1.54, 1.807) is 6.20 Å². The number of rotatable bonds is 1. The fraction of sp³-hybridized carbons (Fsp3) is 0.286. The van der Waals surface area contributed by atoms with Crippen LogP contribution in [0.2, 0.25) is 5.28 Å². The van der Waals surface area contributed by atoms with E-state index in [0.29, 0.717) is 5.28 Å². The fourth-order valence-corrected chi connectivity index (χ4v) is 2.22. The average molecular weight is 247 g/mol. The Hall–Kier alpha value is -1.41. The smallest absolute Gasteiger partial charge is 0.222 e. The van der Waals surface area contributed by atoms with Gasteiger partial charge in [0.25, 0.3) is 0 Å². The molecule has 0 unspecified atom stereocenters. The molecule has 1 aromatic carbocycles. The van der Waals surface area contributed by atoms with Crippen LogP contribution in [0.4, 0.5) is 0 Å². The van der Waals surface area contributed by atoms with Gasteiger partial charge in [0.2, 0.25) is 5.28 Å². The van der Waals surface area contributed by atoms with Crippen molar-refractivity contribution in [3.8, 4) is 11.3 Å². The maximum absolute atomic E-state index is 5.86. The minimum atomic E-state index is 0.292. The molecular weight excluding hydrogens is 232 g/mol. The lowest BCUT2D eigenvalue weighted by Crippen LogP contribution is -1.97. The van der Waals surface area contributed by atoms with Gasteiger partial charge < -0.3 is 0 Å². The largest absolute Gasteiger partial charge is 0.226 e. The van der Waals surface area contributed by atoms with E-state index in [1.165, 1.54) is 27.8 Å². The topological polar surface area (TPSA) is 25.8 Å². The second-order valence-electron chi connectivity index (χ2n) is 4.35. The van der Waals surface area contributed by atoms with Gasteiger partial charge in [-0.05, 0) is 67.6 Å². The van der Waals surface area contributed by atoms with Crippen molar-refractivity contribution in [1.29, 1.82) is 0 Å². The molecule has 0 bridgehead atoms. The molecule has 1 heterocycles. The number of aryl methyl sites for hydroxylation is 2. The minimum absolute atomic E-state index is 0.292. The van der Waals surface area contributed by atoms with E-state index in [1.807, 2.05) is 6.07 Å². The van der Waals surface area contributed by atoms with Crippen LogP contribution >= 0.6 is 11.6 Å². The second-order valence-corrected chi connectivity index (χ2v) is 4.68. The van der Waals surface area contributed by atoms with Crippen molar-refractivity contribution >= 4 is 11.6 Å². The minimum Gasteiger partial charge on any atom is -0.226 e. The lowest BCUT2D eigenvalue weighted by Gasteiger charge is -2.14. The molecule has 2 rings (SSSR count). The predicted molar refractivity (Wildman–Crippen MR) is 71.4 cm³/mol. The zero-order valence-corrected chi connectivity index (χ0v) is 11.3. The first-order valence-corrected chi connectivity index (χ1v) is 5.95. The molecule has 0 atom stereocenters. The number of aromatic nitrogens is 2. The van der Waals surface area contributed by atoms with Crippen LogP contribution in [0.1, 0.15) is 22.3 Å². The molecule has 2 nitrogen and oxygen atoms in total. The van der Waals surface area contributed by atoms with Crippen LogP contribution in [-0.2, 0) is 0 Å². The molecule has 17 heavy (non-hydrogen) atoms. The predicted octanol–water partition coefficient (Wildman–Crippen LogP) is 4.03. The van der Waals surface area contributed by atoms with Gasteiger partial charge in [-0.1, -0.05) is 6.07 Å². The normalized spacial score (nSPS) is 10.6. The quantitative estimate of drug-likeness (QED) is 0.710. The lowest BCUT2D eigenvalue weighted by atomic mass is 9.92. The molecule has 3 heteroatoms. The first-order valence-electron chi connectivity index (χ1n) is 5.57. The van der Waals surface area contributed by atoms with Gasteiger partial charge in [-0.3, -0.25) is 0 Å². The van der Waals surface area contributed by atoms with Crippen molar-refractivity contribution in [3.05, 3.63) is 45.9 Å². The summed E-state index contributed by atoms with van der Waals surface area (Å²) in [5.74, 6) is 0. The third-order valence-corrected chi connectivity index (χ3v) is 3.43. The van der Waals surface area contributed by atoms with Gasteiger partial charge in [-0.2, -0.15) is 0 Å². The Labute approximate surface area is 107 Å². The summed E-state index contributed by atoms with van der Waals surface area (Å²) in [6, 6.07) is 4.11. The summed E-state index contributed by atoms with van der Waals surface area (Å²) >= 11 is 5.86. The molecule has 1 aromatic heterocycles. The van der Waals surface area contributed by atoms with Gasteiger partial charge in [0.1, 0.15) is 0 Å². The Balaban J connectivity index is 2.75. The maximum atomic E-state index is 5.86. The summed E-state index contributed by atoms with van der Waals surface area (Å²) in [7, 11) is 0. The summed E-state index contributed by atoms with van der Waals surface area (Å²) in [6.45, 7) is 8.47. The number of hydrogen-bond acceptors (Lipinski definition) is 2. The van der Waals surface area contributed by atoms with Crippen LogP contribution in [-0.4, -0.2) is 9.97 Å². The number of hydrogen-bond donors (Lipinski definition) is 0. The van der Waals surface area contributed by atoms with Crippen LogP contribution in [0.5, 0.6) is 0 Å². The average Bonchev–Trinajstić information content (AvgIpc) is 2.27. The zero-order chi connectivity index (χ0) is 12.6. The summed E-state index contributed by atoms with van der Waals surface area (Å²) in [5.41, 5.74) is 7.13. The maximum Gasteiger partial charge on any atom is 0.222 e. The van der Waals surface area contributed by atoms with Crippen LogP contribution in [0.25, 0.3) is 11.3 Å². The van der Waals surface area contributed by atoms with Crippen LogP contribution < -0.4 is 0 Å². The van der Waals surface area contributed by atoms with Crippen LogP contribution in [0, 0.1) is 27.7 Å². The van der Waals surface area contributed by atoms with Gasteiger partial charge >= 0.3 is 0 Å². The van der Waals surface area contributed by atoms with Crippen molar-refractivity contribution < 1.29 is 0 Å². The van der Waals surface area contributed by atoms with Gasteiger partial charge in [-0.15, -0.1) is 0 Å². The number of benzene rings is 1. The first-order chi connectivity index (χ1) is 8.00. The molecule has 0 fully saturated rings. The highest BCUT2D eigenvalue weighted by Crippen LogP contribution is 2.30. The van der Waals surface area contributed by atoms with Crippen LogP contribution in [0.3, 0.4) is 0 Å². The first kappa shape index (κ1) is 12.1. The van der Waals surface area contributed by atoms with E-state index in [0.717, 1.165) is 5.69 Å². The Bertz CT molecular complexity index is 550. The molecule has 0 aliphatic rings. The highest BCUT2D eigenvalue weighted by molar-refractivity contribution is 6.28. The van der Waals surface area contributed by atoms with E-state index in [2.05, 4.69) is 43.7 Å². The lowest BCUT2D eigenvalue weighted by molar-refractivity contribution is 1.15. The van der Waals surface area contributed by atoms with Crippen molar-refractivity contribution in [2.45, 2.75) is 27.7 Å². The fourth-order valence-electron chi connectivity index (χ4n) is 2.08. The van der Waals surface area contributed by atoms with E-state index in [9.17, 15) is 0 Å². The van der Waals surface area contributed by atoms with Crippen molar-refractivity contribution in [2.75, 3.05) is 0 Å². The van der Waals surface area contributed by atoms with Crippen molar-refractivity contribution in [3.63, 3.8) is 0 Å². The van der Waals surface area contributed by atoms with Crippen molar-refractivity contribution in [2.24, 2.45) is 0 Å². The molecule has 0 saturated heterocycles. The van der Waals surface area contributed by atoms with Gasteiger partial charge in [-0.25, -0.2) is 9.97 Å². The summed E-state index contributed by atoms with van der Waals surface area (Å²) in [4.78, 5) is 8.23. The van der Waals surface area contributed by atoms with Gasteiger partial charge in [0.05, 0.1) is 5.69 Å². The summed E-state index contributed by atoms with van der Waals surface area (Å²) in [5, 5.41) is 0.292. The van der Waals surface area contributed by atoms with E-state index in [-0.39, 0.29) is 0 Å². The number of nitrogens with zero attached hydrogens (tertiary/aromatic N) is 2. The third kappa shape index (κ3) is 2.18.